The van der Waals surface area contributed by atoms with Crippen LogP contribution in [0.2, 0.25) is 0 Å². The number of sulfonamides is 1. The smallest absolute Gasteiger partial charge is 0.248 e. The van der Waals surface area contributed by atoms with Gasteiger partial charge >= 0.3 is 0 Å². The van der Waals surface area contributed by atoms with Crippen molar-refractivity contribution in [1.82, 2.24) is 19.3 Å². The lowest BCUT2D eigenvalue weighted by atomic mass is 10.3. The zero-order valence-corrected chi connectivity index (χ0v) is 16.4. The fraction of sp³-hybridized carbons (Fsp3) is 0.438. The molecular formula is C16H20N4O4S2. The van der Waals surface area contributed by atoms with Crippen LogP contribution in [0.5, 0.6) is 0 Å². The number of nitrogens with zero attached hydrogens (tertiary/aromatic N) is 4. The Bertz CT molecular complexity index is 918. The Morgan fingerprint density at radius 2 is 1.92 bits per heavy atom. The van der Waals surface area contributed by atoms with Crippen molar-refractivity contribution in [3.05, 3.63) is 33.6 Å². The summed E-state index contributed by atoms with van der Waals surface area (Å²) < 4.78 is 31.9. The van der Waals surface area contributed by atoms with Gasteiger partial charge in [-0.05, 0) is 26.8 Å². The van der Waals surface area contributed by atoms with Crippen molar-refractivity contribution >= 4 is 33.3 Å². The van der Waals surface area contributed by atoms with Crippen molar-refractivity contribution in [1.29, 1.82) is 0 Å². The molecule has 140 valence electrons. The predicted molar refractivity (Wildman–Crippen MR) is 97.2 cm³/mol. The van der Waals surface area contributed by atoms with Gasteiger partial charge in [-0.3, -0.25) is 4.79 Å². The molecule has 3 rings (SSSR count). The van der Waals surface area contributed by atoms with E-state index < -0.39 is 10.0 Å². The molecule has 0 atom stereocenters. The second-order valence-corrected chi connectivity index (χ2v) is 8.94. The Morgan fingerprint density at radius 1 is 1.23 bits per heavy atom. The third kappa shape index (κ3) is 3.71. The Hall–Kier alpha value is -2.04. The highest BCUT2D eigenvalue weighted by atomic mass is 32.2. The van der Waals surface area contributed by atoms with Crippen LogP contribution in [-0.2, 0) is 14.8 Å². The Kier molecular flexibility index (Phi) is 5.26. The minimum absolute atomic E-state index is 0.121. The molecular weight excluding hydrogens is 376 g/mol. The summed E-state index contributed by atoms with van der Waals surface area (Å²) in [5.41, 5.74) is 1.10. The van der Waals surface area contributed by atoms with E-state index in [-0.39, 0.29) is 29.7 Å². The van der Waals surface area contributed by atoms with E-state index in [1.54, 1.807) is 24.8 Å². The predicted octanol–water partition coefficient (Wildman–Crippen LogP) is 1.60. The number of carbonyl (C=O) groups excluding carboxylic acids is 1. The zero-order valence-electron chi connectivity index (χ0n) is 14.8. The molecule has 0 bridgehead atoms. The first-order chi connectivity index (χ1) is 12.3. The van der Waals surface area contributed by atoms with Crippen LogP contribution < -0.4 is 0 Å². The fourth-order valence-electron chi connectivity index (χ4n) is 2.84. The van der Waals surface area contributed by atoms with Crippen molar-refractivity contribution in [2.75, 3.05) is 26.2 Å². The summed E-state index contributed by atoms with van der Waals surface area (Å²) in [5, 5.41) is 6.54. The van der Waals surface area contributed by atoms with Crippen LogP contribution in [0.3, 0.4) is 0 Å². The molecule has 1 saturated heterocycles. The van der Waals surface area contributed by atoms with E-state index in [4.69, 9.17) is 4.52 Å². The van der Waals surface area contributed by atoms with Gasteiger partial charge in [0.2, 0.25) is 15.9 Å². The van der Waals surface area contributed by atoms with E-state index in [9.17, 15) is 13.2 Å². The Morgan fingerprint density at radius 3 is 2.46 bits per heavy atom. The molecule has 1 amide bonds. The summed E-state index contributed by atoms with van der Waals surface area (Å²) in [5.74, 6) is 0.132. The average molecular weight is 396 g/mol. The van der Waals surface area contributed by atoms with E-state index in [0.717, 1.165) is 10.7 Å². The fourth-order valence-corrected chi connectivity index (χ4v) is 5.13. The standard InChI is InChI=1S/C16H20N4O4S2/c1-11-16(12(2)24-18-11)26(22,23)20-8-6-19(7-9-20)15(21)5-4-14-10-25-13(3)17-14/h4-5,10H,6-9H2,1-3H3/b5-4+. The van der Waals surface area contributed by atoms with Crippen LogP contribution in [0.25, 0.3) is 6.08 Å². The highest BCUT2D eigenvalue weighted by Gasteiger charge is 2.33. The number of piperazine rings is 1. The molecule has 0 aromatic carbocycles. The van der Waals surface area contributed by atoms with Gasteiger partial charge in [-0.2, -0.15) is 4.31 Å². The van der Waals surface area contributed by atoms with Gasteiger partial charge in [-0.15, -0.1) is 11.3 Å². The molecule has 1 fully saturated rings. The van der Waals surface area contributed by atoms with Gasteiger partial charge < -0.3 is 9.42 Å². The first kappa shape index (κ1) is 18.7. The van der Waals surface area contributed by atoms with Crippen LogP contribution in [0, 0.1) is 20.8 Å². The molecule has 0 aliphatic carbocycles. The topological polar surface area (TPSA) is 96.6 Å². The van der Waals surface area contributed by atoms with E-state index in [2.05, 4.69) is 10.1 Å². The number of carbonyl (C=O) groups is 1. The second kappa shape index (κ2) is 7.29. The molecule has 3 heterocycles. The molecule has 0 unspecified atom stereocenters. The molecule has 0 saturated carbocycles. The lowest BCUT2D eigenvalue weighted by Gasteiger charge is -2.33. The maximum Gasteiger partial charge on any atom is 0.248 e. The third-order valence-electron chi connectivity index (χ3n) is 4.15. The van der Waals surface area contributed by atoms with Crippen LogP contribution >= 0.6 is 11.3 Å². The molecule has 2 aromatic heterocycles. The molecule has 0 N–H and O–H groups in total. The SMILES string of the molecule is Cc1nc(/C=C/C(=O)N2CCN(S(=O)(=O)c3c(C)noc3C)CC2)cs1. The summed E-state index contributed by atoms with van der Waals surface area (Å²) in [6, 6.07) is 0. The van der Waals surface area contributed by atoms with Gasteiger partial charge in [0.15, 0.2) is 5.76 Å². The average Bonchev–Trinajstić information content (AvgIpc) is 3.18. The minimum Gasteiger partial charge on any atom is -0.360 e. The largest absolute Gasteiger partial charge is 0.360 e. The number of hydrogen-bond acceptors (Lipinski definition) is 7. The maximum atomic E-state index is 12.8. The van der Waals surface area contributed by atoms with Gasteiger partial charge in [0.25, 0.3) is 0 Å². The summed E-state index contributed by atoms with van der Waals surface area (Å²) in [7, 11) is -3.67. The lowest BCUT2D eigenvalue weighted by Crippen LogP contribution is -2.50. The molecule has 26 heavy (non-hydrogen) atoms. The van der Waals surface area contributed by atoms with Crippen LogP contribution in [-0.4, -0.2) is 59.8 Å². The first-order valence-corrected chi connectivity index (χ1v) is 10.4. The maximum absolute atomic E-state index is 12.8. The molecule has 1 aliphatic heterocycles. The molecule has 10 heteroatoms. The summed E-state index contributed by atoms with van der Waals surface area (Å²) in [6.45, 7) is 6.24. The van der Waals surface area contributed by atoms with E-state index in [0.29, 0.717) is 18.8 Å². The summed E-state index contributed by atoms with van der Waals surface area (Å²) in [6.07, 6.45) is 3.16. The molecule has 2 aromatic rings. The van der Waals surface area contributed by atoms with Gasteiger partial charge in [0.1, 0.15) is 10.6 Å². The highest BCUT2D eigenvalue weighted by Crippen LogP contribution is 2.24. The van der Waals surface area contributed by atoms with Gasteiger partial charge in [-0.1, -0.05) is 5.16 Å². The van der Waals surface area contributed by atoms with Gasteiger partial charge in [0, 0.05) is 37.6 Å². The molecule has 0 radical (unpaired) electrons. The molecule has 1 aliphatic rings. The highest BCUT2D eigenvalue weighted by molar-refractivity contribution is 7.89. The Balaban J connectivity index is 1.64. The van der Waals surface area contributed by atoms with E-state index in [1.807, 2.05) is 12.3 Å². The van der Waals surface area contributed by atoms with E-state index >= 15 is 0 Å². The quantitative estimate of drug-likeness (QED) is 0.729. The third-order valence-corrected chi connectivity index (χ3v) is 7.09. The van der Waals surface area contributed by atoms with Gasteiger partial charge in [-0.25, -0.2) is 13.4 Å². The number of thiazole rings is 1. The monoisotopic (exact) mass is 396 g/mol. The van der Waals surface area contributed by atoms with Crippen molar-refractivity contribution in [3.8, 4) is 0 Å². The van der Waals surface area contributed by atoms with Crippen LogP contribution in [0.1, 0.15) is 22.2 Å². The molecule has 8 nitrogen and oxygen atoms in total. The first-order valence-electron chi connectivity index (χ1n) is 8.11. The summed E-state index contributed by atoms with van der Waals surface area (Å²) in [4.78, 5) is 18.3. The van der Waals surface area contributed by atoms with Crippen molar-refractivity contribution < 1.29 is 17.7 Å². The van der Waals surface area contributed by atoms with Crippen molar-refractivity contribution in [2.24, 2.45) is 0 Å². The van der Waals surface area contributed by atoms with Gasteiger partial charge in [0.05, 0.1) is 10.7 Å². The number of hydrogen-bond donors (Lipinski definition) is 0. The number of aromatic nitrogens is 2. The number of amides is 1. The number of aryl methyl sites for hydroxylation is 3. The minimum atomic E-state index is -3.67. The second-order valence-electron chi connectivity index (χ2n) is 6.01. The molecule has 0 spiro atoms. The zero-order chi connectivity index (χ0) is 18.9. The van der Waals surface area contributed by atoms with E-state index in [1.165, 1.54) is 21.7 Å². The van der Waals surface area contributed by atoms with Crippen molar-refractivity contribution in [2.45, 2.75) is 25.7 Å². The Labute approximate surface area is 156 Å². The number of rotatable bonds is 4. The van der Waals surface area contributed by atoms with Crippen LogP contribution in [0.4, 0.5) is 0 Å². The van der Waals surface area contributed by atoms with Crippen LogP contribution in [0.15, 0.2) is 20.9 Å². The normalized spacial score (nSPS) is 16.5. The lowest BCUT2D eigenvalue weighted by molar-refractivity contribution is -0.127. The van der Waals surface area contributed by atoms with Crippen molar-refractivity contribution in [3.63, 3.8) is 0 Å². The summed E-state index contributed by atoms with van der Waals surface area (Å²) >= 11 is 1.52.